The van der Waals surface area contributed by atoms with Gasteiger partial charge < -0.3 is 10.1 Å². The van der Waals surface area contributed by atoms with E-state index in [9.17, 15) is 4.79 Å². The van der Waals surface area contributed by atoms with Crippen molar-refractivity contribution in [1.29, 1.82) is 0 Å². The summed E-state index contributed by atoms with van der Waals surface area (Å²) in [6.07, 6.45) is 6.26. The van der Waals surface area contributed by atoms with Crippen LogP contribution in [0.5, 0.6) is 11.5 Å². The Kier molecular flexibility index (Phi) is 4.20. The van der Waals surface area contributed by atoms with Crippen LogP contribution in [-0.4, -0.2) is 10.8 Å². The third-order valence-electron chi connectivity index (χ3n) is 6.81. The summed E-state index contributed by atoms with van der Waals surface area (Å²) in [5.41, 5.74) is 1.71. The van der Waals surface area contributed by atoms with Crippen LogP contribution >= 0.6 is 11.6 Å². The first-order chi connectivity index (χ1) is 13.4. The number of anilines is 1. The summed E-state index contributed by atoms with van der Waals surface area (Å²) in [6.45, 7) is 2.04. The molecule has 4 heteroatoms. The normalized spacial score (nSPS) is 32.9. The number of aryl methyl sites for hydroxylation is 1. The Hall–Kier alpha value is -2.00. The summed E-state index contributed by atoms with van der Waals surface area (Å²) in [4.78, 5) is 13.1. The van der Waals surface area contributed by atoms with E-state index in [1.807, 2.05) is 55.5 Å². The van der Waals surface area contributed by atoms with Crippen LogP contribution in [0.4, 0.5) is 5.69 Å². The van der Waals surface area contributed by atoms with Gasteiger partial charge in [-0.25, -0.2) is 0 Å². The van der Waals surface area contributed by atoms with Crippen LogP contribution in [0.2, 0.25) is 0 Å². The molecule has 4 saturated carbocycles. The summed E-state index contributed by atoms with van der Waals surface area (Å²) >= 11 is 6.88. The molecule has 0 aliphatic heterocycles. The van der Waals surface area contributed by atoms with Gasteiger partial charge in [-0.1, -0.05) is 12.1 Å². The number of amides is 1. The first-order valence-electron chi connectivity index (χ1n) is 10.3. The van der Waals surface area contributed by atoms with Crippen molar-refractivity contribution in [2.45, 2.75) is 50.3 Å². The minimum Gasteiger partial charge on any atom is -0.457 e. The standard InChI is InChI=1S/C24H26ClNO2/c1-16-3-2-4-21(9-16)28-20-7-5-19(6-8-20)26-22(27)23-11-17-10-18(12-23)14-24(25,13-17)15-23/h2-9,17-18H,10-15H2,1H3,(H,26,27)/t17-,18+,23?,24?. The lowest BCUT2D eigenvalue weighted by atomic mass is 9.49. The molecule has 4 bridgehead atoms. The molecule has 0 spiro atoms. The fourth-order valence-corrected chi connectivity index (χ4v) is 6.79. The summed E-state index contributed by atoms with van der Waals surface area (Å²) in [7, 11) is 0. The lowest BCUT2D eigenvalue weighted by Crippen LogP contribution is -2.57. The molecule has 0 saturated heterocycles. The number of alkyl halides is 1. The van der Waals surface area contributed by atoms with Gasteiger partial charge in [0.2, 0.25) is 5.91 Å². The molecule has 2 aromatic rings. The van der Waals surface area contributed by atoms with Crippen molar-refractivity contribution in [1.82, 2.24) is 0 Å². The highest BCUT2D eigenvalue weighted by molar-refractivity contribution is 6.24. The second kappa shape index (κ2) is 6.52. The first kappa shape index (κ1) is 18.1. The fraction of sp³-hybridized carbons (Fsp3) is 0.458. The predicted molar refractivity (Wildman–Crippen MR) is 112 cm³/mol. The van der Waals surface area contributed by atoms with E-state index in [2.05, 4.69) is 5.32 Å². The van der Waals surface area contributed by atoms with Crippen LogP contribution in [-0.2, 0) is 4.79 Å². The van der Waals surface area contributed by atoms with Crippen LogP contribution in [0.1, 0.15) is 44.1 Å². The van der Waals surface area contributed by atoms with Gasteiger partial charge in [-0.05, 0) is 99.2 Å². The third-order valence-corrected chi connectivity index (χ3v) is 7.25. The number of ether oxygens (including phenoxy) is 1. The number of carbonyl (C=O) groups is 1. The Morgan fingerprint density at radius 2 is 1.75 bits per heavy atom. The zero-order valence-electron chi connectivity index (χ0n) is 16.2. The molecule has 6 rings (SSSR count). The molecule has 2 unspecified atom stereocenters. The fourth-order valence-electron chi connectivity index (χ4n) is 6.10. The molecule has 4 atom stereocenters. The molecule has 0 radical (unpaired) electrons. The van der Waals surface area contributed by atoms with Crippen LogP contribution in [0.15, 0.2) is 48.5 Å². The molecule has 1 amide bonds. The van der Waals surface area contributed by atoms with Crippen LogP contribution in [0.25, 0.3) is 0 Å². The van der Waals surface area contributed by atoms with E-state index in [-0.39, 0.29) is 16.2 Å². The second-order valence-electron chi connectivity index (χ2n) is 9.29. The maximum absolute atomic E-state index is 13.2. The third kappa shape index (κ3) is 3.30. The van der Waals surface area contributed by atoms with Crippen molar-refractivity contribution in [3.8, 4) is 11.5 Å². The zero-order chi connectivity index (χ0) is 19.4. The highest BCUT2D eigenvalue weighted by atomic mass is 35.5. The molecule has 4 fully saturated rings. The summed E-state index contributed by atoms with van der Waals surface area (Å²) in [6, 6.07) is 15.6. The Morgan fingerprint density at radius 1 is 1.04 bits per heavy atom. The zero-order valence-corrected chi connectivity index (χ0v) is 17.0. The van der Waals surface area contributed by atoms with E-state index in [4.69, 9.17) is 16.3 Å². The smallest absolute Gasteiger partial charge is 0.230 e. The Balaban J connectivity index is 1.28. The van der Waals surface area contributed by atoms with Gasteiger partial charge in [0, 0.05) is 10.6 Å². The van der Waals surface area contributed by atoms with Crippen LogP contribution in [0.3, 0.4) is 0 Å². The minimum atomic E-state index is -0.275. The van der Waals surface area contributed by atoms with Gasteiger partial charge in [-0.15, -0.1) is 11.6 Å². The molecule has 28 heavy (non-hydrogen) atoms. The second-order valence-corrected chi connectivity index (χ2v) is 10.1. The summed E-state index contributed by atoms with van der Waals surface area (Å²) in [5, 5.41) is 3.16. The highest BCUT2D eigenvalue weighted by Gasteiger charge is 2.60. The molecule has 0 heterocycles. The Bertz CT molecular complexity index is 893. The molecule has 0 aromatic heterocycles. The maximum atomic E-state index is 13.2. The van der Waals surface area contributed by atoms with Gasteiger partial charge in [-0.3, -0.25) is 4.79 Å². The quantitative estimate of drug-likeness (QED) is 0.616. The number of hydrogen-bond donors (Lipinski definition) is 1. The van der Waals surface area contributed by atoms with Crippen LogP contribution < -0.4 is 10.1 Å². The lowest BCUT2D eigenvalue weighted by molar-refractivity contribution is -0.138. The molecular weight excluding hydrogens is 370 g/mol. The van der Waals surface area contributed by atoms with Crippen molar-refractivity contribution in [2.24, 2.45) is 17.3 Å². The molecule has 4 aliphatic carbocycles. The maximum Gasteiger partial charge on any atom is 0.230 e. The van der Waals surface area contributed by atoms with E-state index in [0.717, 1.165) is 54.9 Å². The van der Waals surface area contributed by atoms with Gasteiger partial charge in [0.25, 0.3) is 0 Å². The number of rotatable bonds is 4. The molecular formula is C24H26ClNO2. The van der Waals surface area contributed by atoms with Gasteiger partial charge >= 0.3 is 0 Å². The number of carbonyl (C=O) groups excluding carboxylic acids is 1. The Labute approximate surface area is 171 Å². The van der Waals surface area contributed by atoms with Crippen molar-refractivity contribution >= 4 is 23.2 Å². The van der Waals surface area contributed by atoms with Crippen molar-refractivity contribution in [2.75, 3.05) is 5.32 Å². The van der Waals surface area contributed by atoms with E-state index >= 15 is 0 Å². The average molecular weight is 396 g/mol. The first-order valence-corrected chi connectivity index (χ1v) is 10.6. The van der Waals surface area contributed by atoms with Crippen LogP contribution in [0, 0.1) is 24.2 Å². The lowest BCUT2D eigenvalue weighted by Gasteiger charge is -2.59. The minimum absolute atomic E-state index is 0.146. The van der Waals surface area contributed by atoms with Gasteiger partial charge in [0.05, 0.1) is 5.41 Å². The highest BCUT2D eigenvalue weighted by Crippen LogP contribution is 2.64. The van der Waals surface area contributed by atoms with Crippen molar-refractivity contribution in [3.63, 3.8) is 0 Å². The molecule has 1 N–H and O–H groups in total. The SMILES string of the molecule is Cc1cccc(Oc2ccc(NC(=O)C34C[C@@H]5C[C@@H](CC(Cl)(C5)C3)C4)cc2)c1. The topological polar surface area (TPSA) is 38.3 Å². The Morgan fingerprint density at radius 3 is 2.39 bits per heavy atom. The number of nitrogens with one attached hydrogen (secondary N) is 1. The van der Waals surface area contributed by atoms with E-state index in [1.165, 1.54) is 6.42 Å². The number of hydrogen-bond acceptors (Lipinski definition) is 2. The van der Waals surface area contributed by atoms with Crippen molar-refractivity contribution < 1.29 is 9.53 Å². The number of benzene rings is 2. The van der Waals surface area contributed by atoms with Crippen molar-refractivity contribution in [3.05, 3.63) is 54.1 Å². The number of halogens is 1. The van der Waals surface area contributed by atoms with E-state index in [0.29, 0.717) is 11.8 Å². The molecule has 3 nitrogen and oxygen atoms in total. The summed E-state index contributed by atoms with van der Waals surface area (Å²) in [5.74, 6) is 2.97. The van der Waals surface area contributed by atoms with E-state index < -0.39 is 0 Å². The molecule has 2 aromatic carbocycles. The average Bonchev–Trinajstić information content (AvgIpc) is 2.61. The molecule has 4 aliphatic rings. The predicted octanol–water partition coefficient (Wildman–Crippen LogP) is 6.30. The van der Waals surface area contributed by atoms with E-state index in [1.54, 1.807) is 0 Å². The van der Waals surface area contributed by atoms with Gasteiger partial charge in [0.15, 0.2) is 0 Å². The van der Waals surface area contributed by atoms with Gasteiger partial charge in [0.1, 0.15) is 11.5 Å². The molecule has 146 valence electrons. The largest absolute Gasteiger partial charge is 0.457 e. The van der Waals surface area contributed by atoms with Gasteiger partial charge in [-0.2, -0.15) is 0 Å². The summed E-state index contributed by atoms with van der Waals surface area (Å²) < 4.78 is 5.90. The monoisotopic (exact) mass is 395 g/mol.